The molecule has 1 saturated heterocycles. The first kappa shape index (κ1) is 17.1. The molecule has 0 aliphatic carbocycles. The Morgan fingerprint density at radius 2 is 2.29 bits per heavy atom. The minimum absolute atomic E-state index is 0.0815. The van der Waals surface area contributed by atoms with Crippen molar-refractivity contribution in [2.45, 2.75) is 18.9 Å². The number of carbonyl (C=O) groups is 1. The van der Waals surface area contributed by atoms with Gasteiger partial charge in [-0.1, -0.05) is 0 Å². The van der Waals surface area contributed by atoms with Crippen molar-refractivity contribution in [2.24, 2.45) is 0 Å². The van der Waals surface area contributed by atoms with Crippen molar-refractivity contribution in [1.82, 2.24) is 14.8 Å². The van der Waals surface area contributed by atoms with Crippen molar-refractivity contribution < 1.29 is 9.53 Å². The van der Waals surface area contributed by atoms with Crippen molar-refractivity contribution >= 4 is 33.3 Å². The molecule has 0 spiro atoms. The first-order valence-corrected chi connectivity index (χ1v) is 9.15. The minimum atomic E-state index is -0.0815. The molecule has 7 heteroatoms. The zero-order valence-electron chi connectivity index (χ0n) is 14.2. The highest BCUT2D eigenvalue weighted by molar-refractivity contribution is 7.16. The third-order valence-electron chi connectivity index (χ3n) is 4.13. The molecule has 24 heavy (non-hydrogen) atoms. The van der Waals surface area contributed by atoms with E-state index >= 15 is 0 Å². The first-order valence-electron chi connectivity index (χ1n) is 8.27. The van der Waals surface area contributed by atoms with Crippen LogP contribution in [0.3, 0.4) is 0 Å². The molecule has 0 bridgehead atoms. The summed E-state index contributed by atoms with van der Waals surface area (Å²) in [5.74, 6) is 0. The molecule has 0 radical (unpaired) electrons. The lowest BCUT2D eigenvalue weighted by Crippen LogP contribution is -2.43. The summed E-state index contributed by atoms with van der Waals surface area (Å²) in [4.78, 5) is 20.9. The Balaban J connectivity index is 1.66. The van der Waals surface area contributed by atoms with E-state index in [1.165, 1.54) is 0 Å². The van der Waals surface area contributed by atoms with Crippen LogP contribution < -0.4 is 5.32 Å². The number of likely N-dealkylation sites (N-methyl/N-ethyl adjacent to an activating group) is 1. The van der Waals surface area contributed by atoms with Crippen molar-refractivity contribution in [2.75, 3.05) is 45.7 Å². The normalized spacial score (nSPS) is 17.5. The molecule has 3 rings (SSSR count). The monoisotopic (exact) mass is 348 g/mol. The van der Waals surface area contributed by atoms with Crippen LogP contribution in [0, 0.1) is 0 Å². The molecular formula is C17H24N4O2S. The summed E-state index contributed by atoms with van der Waals surface area (Å²) < 4.78 is 6.82. The quantitative estimate of drug-likeness (QED) is 0.872. The summed E-state index contributed by atoms with van der Waals surface area (Å²) in [5, 5.41) is 3.00. The molecule has 2 heterocycles. The molecular weight excluding hydrogens is 324 g/mol. The fraction of sp³-hybridized carbons (Fsp3) is 0.529. The number of fused-ring (bicyclic) bond motifs is 1. The topological polar surface area (TPSA) is 57.7 Å². The van der Waals surface area contributed by atoms with Crippen molar-refractivity contribution in [3.63, 3.8) is 0 Å². The summed E-state index contributed by atoms with van der Waals surface area (Å²) in [6.07, 6.45) is 2.25. The molecule has 1 atom stereocenters. The fourth-order valence-corrected chi connectivity index (χ4v) is 3.43. The largest absolute Gasteiger partial charge is 0.376 e. The number of rotatable bonds is 6. The molecule has 0 saturated carbocycles. The highest BCUT2D eigenvalue weighted by atomic mass is 32.1. The predicted octanol–water partition coefficient (Wildman–Crippen LogP) is 2.87. The number of ether oxygens (including phenoxy) is 1. The number of amides is 2. The Bertz CT molecular complexity index is 682. The highest BCUT2D eigenvalue weighted by Crippen LogP contribution is 2.22. The Hall–Kier alpha value is -1.70. The summed E-state index contributed by atoms with van der Waals surface area (Å²) in [6.45, 7) is 2.94. The van der Waals surface area contributed by atoms with E-state index in [1.807, 2.05) is 42.7 Å². The standard InChI is InChI=1S/C17H24N4O2S/c1-20(2)7-8-21(11-14-4-3-9-23-14)17(22)19-13-5-6-16-15(10-13)18-12-24-16/h5-6,10,12,14H,3-4,7-9,11H2,1-2H3,(H,19,22)/t14-/m0/s1. The number of benzene rings is 1. The third kappa shape index (κ3) is 4.43. The van der Waals surface area contributed by atoms with Crippen LogP contribution in [-0.2, 0) is 4.74 Å². The second-order valence-electron chi connectivity index (χ2n) is 6.35. The summed E-state index contributed by atoms with van der Waals surface area (Å²) in [5.41, 5.74) is 3.51. The number of carbonyl (C=O) groups excluding carboxylic acids is 1. The van der Waals surface area contributed by atoms with Gasteiger partial charge in [0.15, 0.2) is 0 Å². The lowest BCUT2D eigenvalue weighted by molar-refractivity contribution is 0.0820. The number of hydrogen-bond acceptors (Lipinski definition) is 5. The number of anilines is 1. The first-order chi connectivity index (χ1) is 11.6. The van der Waals surface area contributed by atoms with E-state index in [2.05, 4.69) is 15.2 Å². The van der Waals surface area contributed by atoms with Crippen molar-refractivity contribution in [3.05, 3.63) is 23.7 Å². The average Bonchev–Trinajstić information content (AvgIpc) is 3.21. The van der Waals surface area contributed by atoms with E-state index in [0.29, 0.717) is 13.1 Å². The average molecular weight is 348 g/mol. The van der Waals surface area contributed by atoms with E-state index < -0.39 is 0 Å². The van der Waals surface area contributed by atoms with Gasteiger partial charge in [0.25, 0.3) is 0 Å². The van der Waals surface area contributed by atoms with Gasteiger partial charge < -0.3 is 19.9 Å². The molecule has 1 aliphatic heterocycles. The SMILES string of the molecule is CN(C)CCN(C[C@@H]1CCCO1)C(=O)Nc1ccc2scnc2c1. The van der Waals surface area contributed by atoms with E-state index in [1.54, 1.807) is 11.3 Å². The number of urea groups is 1. The molecule has 1 fully saturated rings. The van der Waals surface area contributed by atoms with Crippen LogP contribution in [0.4, 0.5) is 10.5 Å². The van der Waals surface area contributed by atoms with Crippen LogP contribution in [0.5, 0.6) is 0 Å². The Kier molecular flexibility index (Phi) is 5.65. The maximum absolute atomic E-state index is 12.7. The van der Waals surface area contributed by atoms with Gasteiger partial charge in [-0.2, -0.15) is 0 Å². The maximum atomic E-state index is 12.7. The lowest BCUT2D eigenvalue weighted by atomic mass is 10.2. The summed E-state index contributed by atoms with van der Waals surface area (Å²) in [7, 11) is 4.02. The smallest absolute Gasteiger partial charge is 0.321 e. The van der Waals surface area contributed by atoms with E-state index in [0.717, 1.165) is 41.9 Å². The van der Waals surface area contributed by atoms with Crippen LogP contribution in [0.15, 0.2) is 23.7 Å². The maximum Gasteiger partial charge on any atom is 0.321 e. The molecule has 1 aromatic heterocycles. The molecule has 2 aromatic rings. The van der Waals surface area contributed by atoms with Gasteiger partial charge in [0.1, 0.15) is 0 Å². The van der Waals surface area contributed by atoms with E-state index in [9.17, 15) is 4.79 Å². The van der Waals surface area contributed by atoms with Crippen LogP contribution in [0.2, 0.25) is 0 Å². The Morgan fingerprint density at radius 1 is 1.42 bits per heavy atom. The molecule has 1 N–H and O–H groups in total. The second-order valence-corrected chi connectivity index (χ2v) is 7.24. The molecule has 2 amide bonds. The molecule has 1 aromatic carbocycles. The Morgan fingerprint density at radius 3 is 3.04 bits per heavy atom. The number of aromatic nitrogens is 1. The number of hydrogen-bond donors (Lipinski definition) is 1. The van der Waals surface area contributed by atoms with Crippen molar-refractivity contribution in [3.8, 4) is 0 Å². The van der Waals surface area contributed by atoms with Gasteiger partial charge >= 0.3 is 6.03 Å². The highest BCUT2D eigenvalue weighted by Gasteiger charge is 2.22. The zero-order chi connectivity index (χ0) is 16.9. The third-order valence-corrected chi connectivity index (χ3v) is 4.94. The van der Waals surface area contributed by atoms with Gasteiger partial charge in [0.05, 0.1) is 21.8 Å². The van der Waals surface area contributed by atoms with Crippen LogP contribution in [0.25, 0.3) is 10.2 Å². The van der Waals surface area contributed by atoms with Crippen LogP contribution >= 0.6 is 11.3 Å². The van der Waals surface area contributed by atoms with Gasteiger partial charge in [-0.3, -0.25) is 0 Å². The van der Waals surface area contributed by atoms with Crippen molar-refractivity contribution in [1.29, 1.82) is 0 Å². The molecule has 1 aliphatic rings. The predicted molar refractivity (Wildman–Crippen MR) is 97.7 cm³/mol. The minimum Gasteiger partial charge on any atom is -0.376 e. The van der Waals surface area contributed by atoms with Gasteiger partial charge in [-0.05, 0) is 45.1 Å². The van der Waals surface area contributed by atoms with Gasteiger partial charge in [-0.15, -0.1) is 11.3 Å². The molecule has 130 valence electrons. The lowest BCUT2D eigenvalue weighted by Gasteiger charge is -2.27. The summed E-state index contributed by atoms with van der Waals surface area (Å²) in [6, 6.07) is 5.75. The van der Waals surface area contributed by atoms with Gasteiger partial charge in [-0.25, -0.2) is 9.78 Å². The van der Waals surface area contributed by atoms with Crippen LogP contribution in [-0.4, -0.2) is 67.3 Å². The second kappa shape index (κ2) is 7.92. The summed E-state index contributed by atoms with van der Waals surface area (Å²) >= 11 is 1.60. The number of nitrogens with zero attached hydrogens (tertiary/aromatic N) is 3. The molecule has 0 unspecified atom stereocenters. The van der Waals surface area contributed by atoms with Crippen LogP contribution in [0.1, 0.15) is 12.8 Å². The zero-order valence-corrected chi connectivity index (χ0v) is 15.0. The molecule has 6 nitrogen and oxygen atoms in total. The van der Waals surface area contributed by atoms with E-state index in [4.69, 9.17) is 4.74 Å². The van der Waals surface area contributed by atoms with Gasteiger partial charge in [0, 0.05) is 31.9 Å². The fourth-order valence-electron chi connectivity index (χ4n) is 2.77. The number of thiazole rings is 1. The Labute approximate surface area is 146 Å². The van der Waals surface area contributed by atoms with Gasteiger partial charge in [0.2, 0.25) is 0 Å². The number of nitrogens with one attached hydrogen (secondary N) is 1. The van der Waals surface area contributed by atoms with E-state index in [-0.39, 0.29) is 12.1 Å².